The Morgan fingerprint density at radius 2 is 1.70 bits per heavy atom. The normalized spacial score (nSPS) is 15.6. The SMILES string of the molecule is COc1ccc(C=C2CCOc3ccc(OC)cc3C2=O)cc1. The average molecular weight is 310 g/mol. The van der Waals surface area contributed by atoms with Crippen molar-refractivity contribution in [2.75, 3.05) is 20.8 Å². The topological polar surface area (TPSA) is 44.8 Å². The van der Waals surface area contributed by atoms with Crippen LogP contribution in [-0.4, -0.2) is 26.6 Å². The number of methoxy groups -OCH3 is 2. The zero-order chi connectivity index (χ0) is 16.2. The van der Waals surface area contributed by atoms with Crippen LogP contribution in [-0.2, 0) is 0 Å². The number of carbonyl (C=O) groups excluding carboxylic acids is 1. The van der Waals surface area contributed by atoms with Gasteiger partial charge in [-0.15, -0.1) is 0 Å². The van der Waals surface area contributed by atoms with Crippen LogP contribution in [0.5, 0.6) is 17.2 Å². The highest BCUT2D eigenvalue weighted by Crippen LogP contribution is 2.31. The number of hydrogen-bond acceptors (Lipinski definition) is 4. The van der Waals surface area contributed by atoms with Crippen LogP contribution in [0.1, 0.15) is 22.3 Å². The molecule has 0 saturated carbocycles. The summed E-state index contributed by atoms with van der Waals surface area (Å²) in [5, 5.41) is 0. The standard InChI is InChI=1S/C19H18O4/c1-21-15-5-3-13(4-6-15)11-14-9-10-23-18-8-7-16(22-2)12-17(18)19(14)20/h3-8,11-12H,9-10H2,1-2H3. The van der Waals surface area contributed by atoms with E-state index < -0.39 is 0 Å². The molecule has 0 bridgehead atoms. The molecule has 0 N–H and O–H groups in total. The average Bonchev–Trinajstić information content (AvgIpc) is 2.75. The first-order chi connectivity index (χ1) is 11.2. The van der Waals surface area contributed by atoms with Crippen molar-refractivity contribution in [1.82, 2.24) is 0 Å². The lowest BCUT2D eigenvalue weighted by Gasteiger charge is -2.07. The number of rotatable bonds is 3. The molecule has 2 aromatic carbocycles. The van der Waals surface area contributed by atoms with E-state index in [2.05, 4.69) is 0 Å². The maximum absolute atomic E-state index is 12.8. The second kappa shape index (κ2) is 6.57. The van der Waals surface area contributed by atoms with E-state index in [0.29, 0.717) is 30.1 Å². The minimum Gasteiger partial charge on any atom is -0.497 e. The zero-order valence-electron chi connectivity index (χ0n) is 13.2. The van der Waals surface area contributed by atoms with Gasteiger partial charge in [-0.2, -0.15) is 0 Å². The molecule has 118 valence electrons. The highest BCUT2D eigenvalue weighted by Gasteiger charge is 2.21. The first kappa shape index (κ1) is 15.2. The van der Waals surface area contributed by atoms with E-state index >= 15 is 0 Å². The lowest BCUT2D eigenvalue weighted by Crippen LogP contribution is -2.02. The van der Waals surface area contributed by atoms with Gasteiger partial charge in [-0.25, -0.2) is 0 Å². The molecule has 0 aliphatic carbocycles. The second-order valence-electron chi connectivity index (χ2n) is 5.23. The van der Waals surface area contributed by atoms with E-state index in [1.54, 1.807) is 32.4 Å². The number of Topliss-reactive ketones (excluding diaryl/α,β-unsaturated/α-hetero) is 1. The van der Waals surface area contributed by atoms with Crippen molar-refractivity contribution >= 4 is 11.9 Å². The molecule has 3 rings (SSSR count). The van der Waals surface area contributed by atoms with Crippen LogP contribution in [0.4, 0.5) is 0 Å². The van der Waals surface area contributed by atoms with Crippen molar-refractivity contribution in [2.45, 2.75) is 6.42 Å². The number of carbonyl (C=O) groups is 1. The van der Waals surface area contributed by atoms with Crippen molar-refractivity contribution < 1.29 is 19.0 Å². The Morgan fingerprint density at radius 3 is 2.39 bits per heavy atom. The number of hydrogen-bond donors (Lipinski definition) is 0. The molecule has 0 fully saturated rings. The molecule has 0 unspecified atom stereocenters. The van der Waals surface area contributed by atoms with Crippen molar-refractivity contribution in [3.05, 3.63) is 59.2 Å². The molecule has 1 aliphatic heterocycles. The molecule has 0 atom stereocenters. The molecule has 0 aromatic heterocycles. The summed E-state index contributed by atoms with van der Waals surface area (Å²) in [4.78, 5) is 12.8. The van der Waals surface area contributed by atoms with Gasteiger partial charge in [0.1, 0.15) is 17.2 Å². The summed E-state index contributed by atoms with van der Waals surface area (Å²) in [6.07, 6.45) is 2.47. The largest absolute Gasteiger partial charge is 0.497 e. The molecule has 0 radical (unpaired) electrons. The van der Waals surface area contributed by atoms with E-state index in [-0.39, 0.29) is 5.78 Å². The predicted molar refractivity (Wildman–Crippen MR) is 88.4 cm³/mol. The monoisotopic (exact) mass is 310 g/mol. The minimum absolute atomic E-state index is 0.0211. The number of benzene rings is 2. The summed E-state index contributed by atoms with van der Waals surface area (Å²) in [7, 11) is 3.21. The van der Waals surface area contributed by atoms with Gasteiger partial charge in [0.2, 0.25) is 0 Å². The smallest absolute Gasteiger partial charge is 0.193 e. The molecule has 2 aromatic rings. The van der Waals surface area contributed by atoms with Gasteiger partial charge in [0.15, 0.2) is 5.78 Å². The summed E-state index contributed by atoms with van der Waals surface area (Å²) in [6, 6.07) is 12.9. The summed E-state index contributed by atoms with van der Waals surface area (Å²) in [5.41, 5.74) is 2.23. The Morgan fingerprint density at radius 1 is 1.00 bits per heavy atom. The number of ether oxygens (including phenoxy) is 3. The molecule has 4 heteroatoms. The third-order valence-electron chi connectivity index (χ3n) is 3.81. The van der Waals surface area contributed by atoms with Crippen LogP contribution in [0.25, 0.3) is 6.08 Å². The highest BCUT2D eigenvalue weighted by molar-refractivity contribution is 6.13. The van der Waals surface area contributed by atoms with Gasteiger partial charge in [-0.05, 0) is 42.0 Å². The number of fused-ring (bicyclic) bond motifs is 1. The maximum Gasteiger partial charge on any atom is 0.193 e. The Balaban J connectivity index is 1.96. The van der Waals surface area contributed by atoms with E-state index in [0.717, 1.165) is 16.9 Å². The van der Waals surface area contributed by atoms with Crippen LogP contribution in [0, 0.1) is 0 Å². The molecule has 4 nitrogen and oxygen atoms in total. The molecule has 23 heavy (non-hydrogen) atoms. The van der Waals surface area contributed by atoms with Gasteiger partial charge < -0.3 is 14.2 Å². The maximum atomic E-state index is 12.8. The van der Waals surface area contributed by atoms with Crippen molar-refractivity contribution in [3.8, 4) is 17.2 Å². The summed E-state index contributed by atoms with van der Waals surface area (Å²) >= 11 is 0. The van der Waals surface area contributed by atoms with Gasteiger partial charge in [0, 0.05) is 12.0 Å². The molecule has 0 amide bonds. The Hall–Kier alpha value is -2.75. The zero-order valence-corrected chi connectivity index (χ0v) is 13.2. The van der Waals surface area contributed by atoms with Gasteiger partial charge in [0.05, 0.1) is 26.4 Å². The minimum atomic E-state index is -0.0211. The fourth-order valence-corrected chi connectivity index (χ4v) is 2.54. The summed E-state index contributed by atoms with van der Waals surface area (Å²) < 4.78 is 16.0. The molecule has 1 aliphatic rings. The molecule has 0 saturated heterocycles. The van der Waals surface area contributed by atoms with E-state index in [9.17, 15) is 4.79 Å². The first-order valence-electron chi connectivity index (χ1n) is 7.41. The third-order valence-corrected chi connectivity index (χ3v) is 3.81. The van der Waals surface area contributed by atoms with Crippen LogP contribution in [0.2, 0.25) is 0 Å². The molecule has 0 spiro atoms. The van der Waals surface area contributed by atoms with Gasteiger partial charge in [-0.1, -0.05) is 12.1 Å². The predicted octanol–water partition coefficient (Wildman–Crippen LogP) is 3.75. The highest BCUT2D eigenvalue weighted by atomic mass is 16.5. The lowest BCUT2D eigenvalue weighted by atomic mass is 9.99. The van der Waals surface area contributed by atoms with Gasteiger partial charge in [-0.3, -0.25) is 4.79 Å². The number of ketones is 1. The summed E-state index contributed by atoms with van der Waals surface area (Å²) in [5.74, 6) is 2.02. The molecule has 1 heterocycles. The van der Waals surface area contributed by atoms with Crippen LogP contribution >= 0.6 is 0 Å². The van der Waals surface area contributed by atoms with Gasteiger partial charge in [0.25, 0.3) is 0 Å². The summed E-state index contributed by atoms with van der Waals surface area (Å²) in [6.45, 7) is 0.479. The quantitative estimate of drug-likeness (QED) is 0.810. The molecular weight excluding hydrogens is 292 g/mol. The van der Waals surface area contributed by atoms with Gasteiger partial charge >= 0.3 is 0 Å². The first-order valence-corrected chi connectivity index (χ1v) is 7.41. The van der Waals surface area contributed by atoms with Crippen LogP contribution in [0.15, 0.2) is 48.0 Å². The van der Waals surface area contributed by atoms with Crippen LogP contribution in [0.3, 0.4) is 0 Å². The third kappa shape index (κ3) is 3.21. The Labute approximate surface area is 135 Å². The van der Waals surface area contributed by atoms with Crippen molar-refractivity contribution in [1.29, 1.82) is 0 Å². The lowest BCUT2D eigenvalue weighted by molar-refractivity contribution is 0.103. The van der Waals surface area contributed by atoms with E-state index in [1.807, 2.05) is 30.3 Å². The van der Waals surface area contributed by atoms with Crippen molar-refractivity contribution in [3.63, 3.8) is 0 Å². The van der Waals surface area contributed by atoms with Crippen LogP contribution < -0.4 is 14.2 Å². The van der Waals surface area contributed by atoms with E-state index in [4.69, 9.17) is 14.2 Å². The Kier molecular flexibility index (Phi) is 4.33. The Bertz CT molecular complexity index is 744. The van der Waals surface area contributed by atoms with E-state index in [1.165, 1.54) is 0 Å². The fraction of sp³-hybridized carbons (Fsp3) is 0.211. The fourth-order valence-electron chi connectivity index (χ4n) is 2.54. The second-order valence-corrected chi connectivity index (χ2v) is 5.23. The molecular formula is C19H18O4. The van der Waals surface area contributed by atoms with Crippen molar-refractivity contribution in [2.24, 2.45) is 0 Å².